The minimum Gasteiger partial charge on any atom is -0.335 e. The quantitative estimate of drug-likeness (QED) is 0.846. The molecule has 16 heavy (non-hydrogen) atoms. The number of nitrogens with one attached hydrogen (secondary N) is 2. The Bertz CT molecular complexity index is 382. The lowest BCUT2D eigenvalue weighted by Crippen LogP contribution is -2.35. The third kappa shape index (κ3) is 4.14. The highest BCUT2D eigenvalue weighted by Gasteiger charge is 2.07. The zero-order valence-electron chi connectivity index (χ0n) is 9.18. The van der Waals surface area contributed by atoms with Crippen LogP contribution in [0.4, 0.5) is 10.5 Å². The van der Waals surface area contributed by atoms with Crippen LogP contribution in [0.5, 0.6) is 0 Å². The van der Waals surface area contributed by atoms with Crippen LogP contribution in [0.15, 0.2) is 27.1 Å². The maximum atomic E-state index is 11.6. The number of amides is 2. The second-order valence-electron chi connectivity index (χ2n) is 3.53. The van der Waals surface area contributed by atoms with Crippen LogP contribution in [0.3, 0.4) is 0 Å². The molecule has 3 nitrogen and oxygen atoms in total. The van der Waals surface area contributed by atoms with Gasteiger partial charge in [-0.3, -0.25) is 0 Å². The highest BCUT2D eigenvalue weighted by Crippen LogP contribution is 2.25. The third-order valence-corrected chi connectivity index (χ3v) is 3.35. The molecule has 5 heteroatoms. The highest BCUT2D eigenvalue weighted by atomic mass is 79.9. The second-order valence-corrected chi connectivity index (χ2v) is 5.30. The van der Waals surface area contributed by atoms with Crippen molar-refractivity contribution in [1.82, 2.24) is 5.32 Å². The summed E-state index contributed by atoms with van der Waals surface area (Å²) in [6.45, 7) is 4.00. The molecule has 0 aliphatic carbocycles. The van der Waals surface area contributed by atoms with Crippen molar-refractivity contribution in [3.05, 3.63) is 27.1 Å². The largest absolute Gasteiger partial charge is 0.335 e. The lowest BCUT2D eigenvalue weighted by Gasteiger charge is -2.13. The highest BCUT2D eigenvalue weighted by molar-refractivity contribution is 9.11. The van der Waals surface area contributed by atoms with E-state index in [2.05, 4.69) is 42.5 Å². The molecule has 0 saturated carbocycles. The van der Waals surface area contributed by atoms with Crippen LogP contribution in [0.1, 0.15) is 20.3 Å². The summed E-state index contributed by atoms with van der Waals surface area (Å²) in [7, 11) is 0. The van der Waals surface area contributed by atoms with E-state index in [0.717, 1.165) is 21.1 Å². The normalized spacial score (nSPS) is 12.0. The average molecular weight is 350 g/mol. The van der Waals surface area contributed by atoms with Gasteiger partial charge in [0, 0.05) is 15.0 Å². The summed E-state index contributed by atoms with van der Waals surface area (Å²) in [5.74, 6) is 0. The van der Waals surface area contributed by atoms with Crippen molar-refractivity contribution in [2.24, 2.45) is 0 Å². The molecule has 88 valence electrons. The van der Waals surface area contributed by atoms with Crippen LogP contribution in [-0.2, 0) is 0 Å². The van der Waals surface area contributed by atoms with Crippen molar-refractivity contribution < 1.29 is 4.79 Å². The molecule has 0 aromatic heterocycles. The van der Waals surface area contributed by atoms with Crippen LogP contribution in [0, 0.1) is 0 Å². The number of anilines is 1. The molecule has 1 aromatic rings. The lowest BCUT2D eigenvalue weighted by molar-refractivity contribution is 0.249. The van der Waals surface area contributed by atoms with Crippen LogP contribution < -0.4 is 10.6 Å². The van der Waals surface area contributed by atoms with Crippen LogP contribution in [-0.4, -0.2) is 12.1 Å². The van der Waals surface area contributed by atoms with Crippen molar-refractivity contribution in [2.45, 2.75) is 26.3 Å². The maximum Gasteiger partial charge on any atom is 0.319 e. The molecular weight excluding hydrogens is 336 g/mol. The van der Waals surface area contributed by atoms with Gasteiger partial charge in [-0.2, -0.15) is 0 Å². The predicted molar refractivity (Wildman–Crippen MR) is 73.7 cm³/mol. The fraction of sp³-hybridized carbons (Fsp3) is 0.364. The zero-order chi connectivity index (χ0) is 12.1. The zero-order valence-corrected chi connectivity index (χ0v) is 12.4. The number of carbonyl (C=O) groups excluding carboxylic acids is 1. The smallest absolute Gasteiger partial charge is 0.319 e. The molecule has 1 rings (SSSR count). The topological polar surface area (TPSA) is 41.1 Å². The minimum absolute atomic E-state index is 0.172. The molecule has 0 aliphatic rings. The van der Waals surface area contributed by atoms with E-state index in [-0.39, 0.29) is 12.1 Å². The van der Waals surface area contributed by atoms with Crippen LogP contribution in [0.25, 0.3) is 0 Å². The Morgan fingerprint density at radius 3 is 2.75 bits per heavy atom. The van der Waals surface area contributed by atoms with Crippen molar-refractivity contribution in [3.63, 3.8) is 0 Å². The molecular formula is C11H14Br2N2O. The first-order chi connectivity index (χ1) is 7.52. The summed E-state index contributed by atoms with van der Waals surface area (Å²) in [6, 6.07) is 5.62. The number of urea groups is 1. The number of benzene rings is 1. The van der Waals surface area contributed by atoms with E-state index in [1.807, 2.05) is 32.0 Å². The Morgan fingerprint density at radius 2 is 2.12 bits per heavy atom. The lowest BCUT2D eigenvalue weighted by atomic mass is 10.3. The van der Waals surface area contributed by atoms with Gasteiger partial charge in [-0.05, 0) is 47.5 Å². The van der Waals surface area contributed by atoms with Gasteiger partial charge in [0.25, 0.3) is 0 Å². The van der Waals surface area contributed by atoms with E-state index in [9.17, 15) is 4.79 Å². The number of rotatable bonds is 3. The number of hydrogen-bond donors (Lipinski definition) is 2. The molecule has 0 fully saturated rings. The summed E-state index contributed by atoms with van der Waals surface area (Å²) in [5.41, 5.74) is 0.746. The Morgan fingerprint density at radius 1 is 1.44 bits per heavy atom. The Labute approximate surface area is 112 Å². The fourth-order valence-corrected chi connectivity index (χ4v) is 1.78. The molecule has 0 spiro atoms. The van der Waals surface area contributed by atoms with Crippen molar-refractivity contribution in [3.8, 4) is 0 Å². The summed E-state index contributed by atoms with van der Waals surface area (Å²) >= 11 is 6.74. The molecule has 0 aliphatic heterocycles. The molecule has 0 unspecified atom stereocenters. The Balaban J connectivity index is 2.65. The van der Waals surface area contributed by atoms with Crippen LogP contribution in [0.2, 0.25) is 0 Å². The van der Waals surface area contributed by atoms with Crippen molar-refractivity contribution in [2.75, 3.05) is 5.32 Å². The first kappa shape index (κ1) is 13.5. The SMILES string of the molecule is CC[C@H](C)NC(=O)Nc1cc(Br)ccc1Br. The summed E-state index contributed by atoms with van der Waals surface area (Å²) in [4.78, 5) is 11.6. The molecule has 2 amide bonds. The molecule has 0 bridgehead atoms. The molecule has 0 heterocycles. The number of halogens is 2. The van der Waals surface area contributed by atoms with Crippen molar-refractivity contribution in [1.29, 1.82) is 0 Å². The average Bonchev–Trinajstić information content (AvgIpc) is 2.23. The maximum absolute atomic E-state index is 11.6. The van der Waals surface area contributed by atoms with Gasteiger partial charge in [0.05, 0.1) is 5.69 Å². The first-order valence-electron chi connectivity index (χ1n) is 5.05. The predicted octanol–water partition coefficient (Wildman–Crippen LogP) is 4.13. The van der Waals surface area contributed by atoms with E-state index in [1.165, 1.54) is 0 Å². The van der Waals surface area contributed by atoms with Gasteiger partial charge >= 0.3 is 6.03 Å². The van der Waals surface area contributed by atoms with Gasteiger partial charge < -0.3 is 10.6 Å². The minimum atomic E-state index is -0.187. The Hall–Kier alpha value is -0.550. The van der Waals surface area contributed by atoms with E-state index >= 15 is 0 Å². The van der Waals surface area contributed by atoms with E-state index in [0.29, 0.717) is 0 Å². The van der Waals surface area contributed by atoms with Gasteiger partial charge in [-0.1, -0.05) is 22.9 Å². The molecule has 1 atom stereocenters. The van der Waals surface area contributed by atoms with Crippen LogP contribution >= 0.6 is 31.9 Å². The van der Waals surface area contributed by atoms with E-state index in [4.69, 9.17) is 0 Å². The van der Waals surface area contributed by atoms with Gasteiger partial charge in [0.15, 0.2) is 0 Å². The summed E-state index contributed by atoms with van der Waals surface area (Å²) in [6.07, 6.45) is 0.910. The first-order valence-corrected chi connectivity index (χ1v) is 6.64. The Kier molecular flexibility index (Phi) is 5.28. The van der Waals surface area contributed by atoms with Gasteiger partial charge in [-0.25, -0.2) is 4.79 Å². The van der Waals surface area contributed by atoms with E-state index < -0.39 is 0 Å². The monoisotopic (exact) mass is 348 g/mol. The molecule has 2 N–H and O–H groups in total. The van der Waals surface area contributed by atoms with Gasteiger partial charge in [0.1, 0.15) is 0 Å². The van der Waals surface area contributed by atoms with Crippen molar-refractivity contribution >= 4 is 43.6 Å². The molecule has 0 radical (unpaired) electrons. The second kappa shape index (κ2) is 6.25. The molecule has 1 aromatic carbocycles. The summed E-state index contributed by atoms with van der Waals surface area (Å²) in [5, 5.41) is 5.63. The summed E-state index contributed by atoms with van der Waals surface area (Å²) < 4.78 is 1.78. The third-order valence-electron chi connectivity index (χ3n) is 2.17. The van der Waals surface area contributed by atoms with Gasteiger partial charge in [-0.15, -0.1) is 0 Å². The fourth-order valence-electron chi connectivity index (χ4n) is 1.08. The van der Waals surface area contributed by atoms with E-state index in [1.54, 1.807) is 0 Å². The van der Waals surface area contributed by atoms with Gasteiger partial charge in [0.2, 0.25) is 0 Å². The number of carbonyl (C=O) groups is 1. The molecule has 0 saturated heterocycles. The number of hydrogen-bond acceptors (Lipinski definition) is 1. The standard InChI is InChI=1S/C11H14Br2N2O/c1-3-7(2)14-11(16)15-10-6-8(12)4-5-9(10)13/h4-7H,3H2,1-2H3,(H2,14,15,16)/t7-/m0/s1.